The van der Waals surface area contributed by atoms with Crippen molar-refractivity contribution in [2.24, 2.45) is 0 Å². The molecule has 0 spiro atoms. The van der Waals surface area contributed by atoms with Crippen LogP contribution in [0, 0.1) is 10.1 Å². The van der Waals surface area contributed by atoms with Crippen molar-refractivity contribution in [1.82, 2.24) is 0 Å². The molecule has 172 valence electrons. The molecule has 17 heteroatoms. The van der Waals surface area contributed by atoms with Gasteiger partial charge in [-0.25, -0.2) is 0 Å². The molecule has 0 bridgehead atoms. The lowest BCUT2D eigenvalue weighted by molar-refractivity contribution is -0.384. The normalized spacial score (nSPS) is 11.2. The van der Waals surface area contributed by atoms with Gasteiger partial charge in [-0.1, -0.05) is 23.0 Å². The topological polar surface area (TPSA) is 287 Å². The summed E-state index contributed by atoms with van der Waals surface area (Å²) in [7, 11) is 0. The minimum Gasteiger partial charge on any atom is -0.872 e. The highest BCUT2D eigenvalue weighted by molar-refractivity contribution is 6.22. The predicted octanol–water partition coefficient (Wildman–Crippen LogP) is -1.56. The molecule has 0 heterocycles. The van der Waals surface area contributed by atoms with E-state index in [1.54, 1.807) is 0 Å². The van der Waals surface area contributed by atoms with E-state index in [1.165, 1.54) is 0 Å². The van der Waals surface area contributed by atoms with Crippen LogP contribution in [0.5, 0.6) is 23.0 Å². The van der Waals surface area contributed by atoms with E-state index < -0.39 is 100 Å². The molecular formula is C15H10N4O13-4. The minimum atomic E-state index is -1.72. The number of anilines is 3. The van der Waals surface area contributed by atoms with Gasteiger partial charge in [-0.3, -0.25) is 41.4 Å². The molecular weight excluding hydrogens is 444 g/mol. The van der Waals surface area contributed by atoms with E-state index in [0.29, 0.717) is 6.07 Å². The van der Waals surface area contributed by atoms with Crippen LogP contribution in [0.4, 0.5) is 22.7 Å². The summed E-state index contributed by atoms with van der Waals surface area (Å²) in [5, 5.41) is 121. The molecule has 0 saturated heterocycles. The Bertz CT molecular complexity index is 1270. The van der Waals surface area contributed by atoms with E-state index in [4.69, 9.17) is 0 Å². The number of aliphatic hydroxyl groups is 1. The smallest absolute Gasteiger partial charge is 0.284 e. The first-order valence-electron chi connectivity index (χ1n) is 8.02. The second-order valence-electron chi connectivity index (χ2n) is 6.19. The van der Waals surface area contributed by atoms with Crippen LogP contribution in [-0.2, 0) is 6.61 Å². The Labute approximate surface area is 174 Å². The molecule has 0 radical (unpaired) electrons. The molecule has 32 heavy (non-hydrogen) atoms. The van der Waals surface area contributed by atoms with Crippen LogP contribution in [-0.4, -0.2) is 41.3 Å². The number of rotatable bonds is 5. The summed E-state index contributed by atoms with van der Waals surface area (Å²) in [5.74, 6) is -6.65. The summed E-state index contributed by atoms with van der Waals surface area (Å²) < 4.78 is 0. The molecule has 17 nitrogen and oxygen atoms in total. The lowest BCUT2D eigenvalue weighted by Gasteiger charge is -2.33. The van der Waals surface area contributed by atoms with Crippen molar-refractivity contribution >= 4 is 44.3 Å². The fourth-order valence-electron chi connectivity index (χ4n) is 3.39. The number of nitro benzene ring substituents is 1. The second-order valence-corrected chi connectivity index (χ2v) is 6.19. The fraction of sp³-hybridized carbons (Fsp3) is 0.0667. The maximum atomic E-state index is 13.1. The van der Waals surface area contributed by atoms with Crippen LogP contribution < -0.4 is 36.1 Å². The van der Waals surface area contributed by atoms with Gasteiger partial charge in [0.1, 0.15) is 5.69 Å². The third-order valence-corrected chi connectivity index (χ3v) is 4.62. The Morgan fingerprint density at radius 3 is 1.66 bits per heavy atom. The summed E-state index contributed by atoms with van der Waals surface area (Å²) in [6.07, 6.45) is 0. The van der Waals surface area contributed by atoms with Gasteiger partial charge in [-0.15, -0.1) is 15.7 Å². The van der Waals surface area contributed by atoms with Gasteiger partial charge in [0.2, 0.25) is 0 Å². The molecule has 0 aliphatic heterocycles. The van der Waals surface area contributed by atoms with Crippen LogP contribution in [0.1, 0.15) is 5.56 Å². The monoisotopic (exact) mass is 454 g/mol. The highest BCUT2D eigenvalue weighted by Gasteiger charge is 2.28. The van der Waals surface area contributed by atoms with Crippen LogP contribution in [0.2, 0.25) is 0 Å². The van der Waals surface area contributed by atoms with Gasteiger partial charge in [0, 0.05) is 5.39 Å². The number of aliphatic hydroxyl groups excluding tert-OH is 1. The highest BCUT2D eigenvalue weighted by atomic mass is 16.8. The van der Waals surface area contributed by atoms with E-state index in [2.05, 4.69) is 0 Å². The summed E-state index contributed by atoms with van der Waals surface area (Å²) in [4.78, 5) is 10.3. The molecule has 0 aromatic heterocycles. The van der Waals surface area contributed by atoms with Crippen molar-refractivity contribution in [3.63, 3.8) is 0 Å². The largest absolute Gasteiger partial charge is 0.872 e. The number of hydrogen-bond donors (Lipinski definition) is 7. The number of benzene rings is 3. The van der Waals surface area contributed by atoms with Crippen LogP contribution in [0.15, 0.2) is 6.07 Å². The molecule has 0 unspecified atom stereocenters. The molecule has 7 N–H and O–H groups in total. The van der Waals surface area contributed by atoms with E-state index in [0.717, 1.165) is 0 Å². The Morgan fingerprint density at radius 2 is 1.22 bits per heavy atom. The van der Waals surface area contributed by atoms with Crippen LogP contribution in [0.25, 0.3) is 21.5 Å². The SMILES string of the molecule is O=[N+]([O-])c1c(CO)c(N(O)O)c([O-])c2c([O-])c3c([O-])c(N(O)O)cc(N(O)O)c3c([O-])c12. The Kier molecular flexibility index (Phi) is 5.33. The maximum absolute atomic E-state index is 13.1. The van der Waals surface area contributed by atoms with Gasteiger partial charge in [0.15, 0.2) is 0 Å². The Morgan fingerprint density at radius 1 is 0.719 bits per heavy atom. The first-order valence-corrected chi connectivity index (χ1v) is 8.02. The molecule has 0 atom stereocenters. The van der Waals surface area contributed by atoms with Gasteiger partial charge in [0.05, 0.1) is 33.9 Å². The highest BCUT2D eigenvalue weighted by Crippen LogP contribution is 2.55. The average molecular weight is 454 g/mol. The molecule has 0 saturated carbocycles. The van der Waals surface area contributed by atoms with Crippen LogP contribution in [0.3, 0.4) is 0 Å². The second kappa shape index (κ2) is 7.55. The van der Waals surface area contributed by atoms with Crippen molar-refractivity contribution in [3.8, 4) is 23.0 Å². The number of hydrogen-bond acceptors (Lipinski definition) is 16. The van der Waals surface area contributed by atoms with Crippen molar-refractivity contribution in [1.29, 1.82) is 0 Å². The van der Waals surface area contributed by atoms with Crippen molar-refractivity contribution in [3.05, 3.63) is 21.7 Å². The lowest BCUT2D eigenvalue weighted by atomic mass is 9.93. The minimum absolute atomic E-state index is 0.339. The number of nitro groups is 1. The zero-order chi connectivity index (χ0) is 24.2. The summed E-state index contributed by atoms with van der Waals surface area (Å²) in [6, 6.07) is 0.339. The molecule has 0 amide bonds. The van der Waals surface area contributed by atoms with Crippen molar-refractivity contribution < 1.29 is 61.7 Å². The van der Waals surface area contributed by atoms with Gasteiger partial charge < -0.3 is 25.5 Å². The third-order valence-electron chi connectivity index (χ3n) is 4.62. The third kappa shape index (κ3) is 2.94. The fourth-order valence-corrected chi connectivity index (χ4v) is 3.39. The average Bonchev–Trinajstić information content (AvgIpc) is 2.69. The van der Waals surface area contributed by atoms with E-state index in [-0.39, 0.29) is 0 Å². The van der Waals surface area contributed by atoms with Gasteiger partial charge in [0.25, 0.3) is 5.69 Å². The zero-order valence-electron chi connectivity index (χ0n) is 15.2. The molecule has 0 fully saturated rings. The quantitative estimate of drug-likeness (QED) is 0.130. The number of nitrogens with zero attached hydrogens (tertiary/aromatic N) is 4. The first kappa shape index (κ1) is 22.6. The van der Waals surface area contributed by atoms with Crippen molar-refractivity contribution in [2.75, 3.05) is 15.7 Å². The standard InChI is InChI=1S/C15H14N4O13/c20-2-3-10(18(29)30)7-9(15(24)11(3)19(31)32)14(23)8-6(13(7)22)4(16(25)26)1-5(12(8)21)17(27)28/h1,20-28,31-32H,2H2/p-4. The Hall–Kier alpha value is -4.10. The Balaban J connectivity index is 2.82. The summed E-state index contributed by atoms with van der Waals surface area (Å²) in [5.41, 5.74) is -6.13. The van der Waals surface area contributed by atoms with Crippen molar-refractivity contribution in [2.45, 2.75) is 6.61 Å². The molecule has 3 rings (SSSR count). The molecule has 3 aromatic carbocycles. The first-order chi connectivity index (χ1) is 14.9. The molecule has 0 aliphatic rings. The predicted molar refractivity (Wildman–Crippen MR) is 90.0 cm³/mol. The lowest BCUT2D eigenvalue weighted by Crippen LogP contribution is -2.20. The summed E-state index contributed by atoms with van der Waals surface area (Å²) >= 11 is 0. The summed E-state index contributed by atoms with van der Waals surface area (Å²) in [6.45, 7) is -1.38. The number of fused-ring (bicyclic) bond motifs is 2. The molecule has 0 aliphatic carbocycles. The van der Waals surface area contributed by atoms with E-state index in [1.807, 2.05) is 0 Å². The molecule has 3 aromatic rings. The van der Waals surface area contributed by atoms with Crippen LogP contribution >= 0.6 is 0 Å². The van der Waals surface area contributed by atoms with E-state index in [9.17, 15) is 66.9 Å². The maximum Gasteiger partial charge on any atom is 0.284 e. The van der Waals surface area contributed by atoms with Gasteiger partial charge in [-0.2, -0.15) is 0 Å². The zero-order valence-corrected chi connectivity index (χ0v) is 15.2. The van der Waals surface area contributed by atoms with Gasteiger partial charge >= 0.3 is 0 Å². The van der Waals surface area contributed by atoms with E-state index >= 15 is 0 Å². The van der Waals surface area contributed by atoms with Gasteiger partial charge in [-0.05, 0) is 16.8 Å².